The van der Waals surface area contributed by atoms with Crippen LogP contribution in [0.1, 0.15) is 17.4 Å². The minimum absolute atomic E-state index is 0.180. The van der Waals surface area contributed by atoms with Gasteiger partial charge in [0.15, 0.2) is 11.4 Å². The largest absolute Gasteiger partial charge is 0.505 e. The molecule has 4 aromatic rings. The third kappa shape index (κ3) is 4.11. The van der Waals surface area contributed by atoms with E-state index in [0.29, 0.717) is 35.2 Å². The van der Waals surface area contributed by atoms with Gasteiger partial charge in [0.25, 0.3) is 5.91 Å². The van der Waals surface area contributed by atoms with Crippen LogP contribution >= 0.6 is 0 Å². The third-order valence-corrected chi connectivity index (χ3v) is 4.71. The van der Waals surface area contributed by atoms with E-state index in [1.165, 1.54) is 0 Å². The van der Waals surface area contributed by atoms with Crippen molar-refractivity contribution >= 4 is 33.7 Å². The van der Waals surface area contributed by atoms with Gasteiger partial charge in [-0.2, -0.15) is 0 Å². The molecule has 31 heavy (non-hydrogen) atoms. The number of nitrogens with zero attached hydrogens (tertiary/aromatic N) is 1. The highest BCUT2D eigenvalue weighted by molar-refractivity contribution is 6.04. The Labute approximate surface area is 178 Å². The molecule has 0 saturated heterocycles. The van der Waals surface area contributed by atoms with Crippen molar-refractivity contribution < 1.29 is 24.2 Å². The number of hydrogen-bond acceptors (Lipinski definition) is 6. The minimum atomic E-state index is -0.663. The highest BCUT2D eigenvalue weighted by atomic mass is 16.5. The number of aldehydes is 1. The van der Waals surface area contributed by atoms with Gasteiger partial charge in [0, 0.05) is 5.39 Å². The topological polar surface area (TPSA) is 97.8 Å². The van der Waals surface area contributed by atoms with Crippen molar-refractivity contribution in [2.75, 3.05) is 13.2 Å². The minimum Gasteiger partial charge on any atom is -0.505 e. The summed E-state index contributed by atoms with van der Waals surface area (Å²) in [5, 5.41) is 16.0. The zero-order valence-electron chi connectivity index (χ0n) is 16.8. The average molecular weight is 416 g/mol. The van der Waals surface area contributed by atoms with Crippen molar-refractivity contribution in [3.8, 4) is 23.1 Å². The fourth-order valence-electron chi connectivity index (χ4n) is 3.30. The fourth-order valence-corrected chi connectivity index (χ4v) is 3.30. The van der Waals surface area contributed by atoms with Crippen LogP contribution in [0, 0.1) is 0 Å². The van der Waals surface area contributed by atoms with Gasteiger partial charge in [-0.25, -0.2) is 4.98 Å². The monoisotopic (exact) mass is 416 g/mol. The predicted octanol–water partition coefficient (Wildman–Crippen LogP) is 4.21. The quantitative estimate of drug-likeness (QED) is 0.438. The van der Waals surface area contributed by atoms with Crippen molar-refractivity contribution in [3.63, 3.8) is 0 Å². The lowest BCUT2D eigenvalue weighted by molar-refractivity contribution is -0.107. The van der Waals surface area contributed by atoms with Crippen molar-refractivity contribution in [2.24, 2.45) is 0 Å². The first kappa shape index (κ1) is 20.2. The van der Waals surface area contributed by atoms with Crippen LogP contribution in [0.15, 0.2) is 60.7 Å². The Morgan fingerprint density at radius 2 is 1.77 bits per heavy atom. The van der Waals surface area contributed by atoms with Gasteiger partial charge in [-0.15, -0.1) is 0 Å². The Morgan fingerprint density at radius 3 is 2.55 bits per heavy atom. The number of benzene rings is 3. The van der Waals surface area contributed by atoms with Crippen molar-refractivity contribution in [1.29, 1.82) is 0 Å². The summed E-state index contributed by atoms with van der Waals surface area (Å²) in [7, 11) is 0. The Morgan fingerprint density at radius 1 is 1.03 bits per heavy atom. The Balaban J connectivity index is 1.73. The Kier molecular flexibility index (Phi) is 5.66. The van der Waals surface area contributed by atoms with Gasteiger partial charge >= 0.3 is 0 Å². The number of ether oxygens (including phenoxy) is 2. The molecule has 7 heteroatoms. The molecule has 0 aliphatic rings. The molecule has 0 unspecified atom stereocenters. The molecule has 4 rings (SSSR count). The molecule has 0 fully saturated rings. The molecular formula is C24H20N2O5. The highest BCUT2D eigenvalue weighted by Crippen LogP contribution is 2.37. The molecular weight excluding hydrogens is 396 g/mol. The van der Waals surface area contributed by atoms with Crippen LogP contribution in [0.2, 0.25) is 0 Å². The second kappa shape index (κ2) is 8.71. The first-order valence-corrected chi connectivity index (χ1v) is 9.78. The SMILES string of the molecule is CCOc1nc(C(=O)NCC=O)c(O)c2ccc(Oc3ccc4ccccc4c3)cc12. The number of aromatic hydroxyl groups is 1. The van der Waals surface area contributed by atoms with Gasteiger partial charge in [-0.1, -0.05) is 30.3 Å². The van der Waals surface area contributed by atoms with E-state index < -0.39 is 5.91 Å². The maximum atomic E-state index is 12.3. The van der Waals surface area contributed by atoms with Crippen LogP contribution < -0.4 is 14.8 Å². The number of pyridine rings is 1. The number of carbonyl (C=O) groups is 2. The number of aromatic nitrogens is 1. The number of fused-ring (bicyclic) bond motifs is 2. The third-order valence-electron chi connectivity index (χ3n) is 4.71. The maximum absolute atomic E-state index is 12.3. The molecule has 2 N–H and O–H groups in total. The molecule has 7 nitrogen and oxygen atoms in total. The number of nitrogens with one attached hydrogen (secondary N) is 1. The standard InChI is InChI=1S/C24H20N2O5/c1-2-30-24-20-14-18(31-17-8-7-15-5-3-4-6-16(15)13-17)9-10-19(20)22(28)21(26-24)23(29)25-11-12-27/h3-10,12-14,28H,2,11H2,1H3,(H,25,29). The molecule has 1 heterocycles. The number of carbonyl (C=O) groups excluding carboxylic acids is 2. The van der Waals surface area contributed by atoms with E-state index in [0.717, 1.165) is 10.8 Å². The first-order chi connectivity index (χ1) is 15.1. The smallest absolute Gasteiger partial charge is 0.274 e. The highest BCUT2D eigenvalue weighted by Gasteiger charge is 2.20. The number of amides is 1. The van der Waals surface area contributed by atoms with Crippen molar-refractivity contribution in [2.45, 2.75) is 6.92 Å². The van der Waals surface area contributed by atoms with E-state index in [1.54, 1.807) is 25.1 Å². The van der Waals surface area contributed by atoms with Gasteiger partial charge in [0.05, 0.1) is 18.5 Å². The molecule has 3 aromatic carbocycles. The molecule has 0 aliphatic carbocycles. The van der Waals surface area contributed by atoms with Crippen molar-refractivity contribution in [3.05, 3.63) is 66.4 Å². The van der Waals surface area contributed by atoms with E-state index in [9.17, 15) is 14.7 Å². The predicted molar refractivity (Wildman–Crippen MR) is 117 cm³/mol. The average Bonchev–Trinajstić information content (AvgIpc) is 2.79. The van der Waals surface area contributed by atoms with Gasteiger partial charge in [0.1, 0.15) is 17.8 Å². The summed E-state index contributed by atoms with van der Waals surface area (Å²) >= 11 is 0. The molecule has 0 aliphatic heterocycles. The summed E-state index contributed by atoms with van der Waals surface area (Å²) in [6, 6.07) is 18.8. The Hall–Kier alpha value is -4.13. The lowest BCUT2D eigenvalue weighted by Crippen LogP contribution is -2.26. The molecule has 0 atom stereocenters. The van der Waals surface area contributed by atoms with Gasteiger partial charge < -0.3 is 24.7 Å². The van der Waals surface area contributed by atoms with Crippen LogP contribution in [0.4, 0.5) is 0 Å². The summed E-state index contributed by atoms with van der Waals surface area (Å²) in [4.78, 5) is 27.0. The molecule has 156 valence electrons. The Bertz CT molecular complexity index is 1290. The van der Waals surface area contributed by atoms with Crippen LogP contribution in [0.25, 0.3) is 21.5 Å². The van der Waals surface area contributed by atoms with Crippen molar-refractivity contribution in [1.82, 2.24) is 10.3 Å². The molecule has 0 bridgehead atoms. The normalized spacial score (nSPS) is 10.7. The number of rotatable bonds is 7. The van der Waals surface area contributed by atoms with Crippen LogP contribution in [0.5, 0.6) is 23.1 Å². The van der Waals surface area contributed by atoms with Crippen LogP contribution in [0.3, 0.4) is 0 Å². The van der Waals surface area contributed by atoms with Crippen LogP contribution in [-0.2, 0) is 4.79 Å². The summed E-state index contributed by atoms with van der Waals surface area (Å²) in [6.07, 6.45) is 0.551. The first-order valence-electron chi connectivity index (χ1n) is 9.78. The molecule has 1 amide bonds. The van der Waals surface area contributed by atoms with Gasteiger partial charge in [-0.05, 0) is 48.0 Å². The lowest BCUT2D eigenvalue weighted by Gasteiger charge is -2.13. The zero-order chi connectivity index (χ0) is 21.8. The summed E-state index contributed by atoms with van der Waals surface area (Å²) in [5.41, 5.74) is -0.207. The van der Waals surface area contributed by atoms with E-state index in [-0.39, 0.29) is 23.9 Å². The number of hydrogen-bond donors (Lipinski definition) is 2. The molecule has 0 saturated carbocycles. The van der Waals surface area contributed by atoms with E-state index in [2.05, 4.69) is 10.3 Å². The van der Waals surface area contributed by atoms with Gasteiger partial charge in [-0.3, -0.25) is 4.79 Å². The van der Waals surface area contributed by atoms with Gasteiger partial charge in [0.2, 0.25) is 5.88 Å². The molecule has 0 radical (unpaired) electrons. The second-order valence-electron chi connectivity index (χ2n) is 6.74. The summed E-state index contributed by atoms with van der Waals surface area (Å²) in [5.74, 6) is 0.430. The summed E-state index contributed by atoms with van der Waals surface area (Å²) in [6.45, 7) is 1.93. The zero-order valence-corrected chi connectivity index (χ0v) is 16.8. The van der Waals surface area contributed by atoms with E-state index >= 15 is 0 Å². The van der Waals surface area contributed by atoms with E-state index in [1.807, 2.05) is 42.5 Å². The maximum Gasteiger partial charge on any atom is 0.274 e. The van der Waals surface area contributed by atoms with Crippen LogP contribution in [-0.4, -0.2) is 35.4 Å². The molecule has 1 aromatic heterocycles. The lowest BCUT2D eigenvalue weighted by atomic mass is 10.1. The summed E-state index contributed by atoms with van der Waals surface area (Å²) < 4.78 is 11.6. The second-order valence-corrected chi connectivity index (χ2v) is 6.74. The molecule has 0 spiro atoms. The fraction of sp³-hybridized carbons (Fsp3) is 0.125. The van der Waals surface area contributed by atoms with E-state index in [4.69, 9.17) is 9.47 Å².